The number of aryl methyl sites for hydroxylation is 1. The van der Waals surface area contributed by atoms with E-state index in [4.69, 9.17) is 4.74 Å². The van der Waals surface area contributed by atoms with Gasteiger partial charge in [0.1, 0.15) is 10.8 Å². The Morgan fingerprint density at radius 2 is 2.09 bits per heavy atom. The lowest BCUT2D eigenvalue weighted by molar-refractivity contribution is -0.118. The second-order valence-corrected chi connectivity index (χ2v) is 6.65. The predicted molar refractivity (Wildman–Crippen MR) is 92.2 cm³/mol. The number of ether oxygens (including phenoxy) is 1. The fourth-order valence-electron chi connectivity index (χ4n) is 1.90. The molecule has 0 fully saturated rings. The van der Waals surface area contributed by atoms with Gasteiger partial charge >= 0.3 is 0 Å². The molecule has 0 aliphatic heterocycles. The van der Waals surface area contributed by atoms with Crippen molar-refractivity contribution in [1.82, 2.24) is 15.1 Å². The number of hydrogen-bond acceptors (Lipinski definition) is 6. The van der Waals surface area contributed by atoms with E-state index in [0.29, 0.717) is 5.13 Å². The molecular formula is C16H22N4O2S. The SMILES string of the molecule is Cc1cccc(OCC(=O)Nc2nnc(CCN(C)C)s2)c1C. The van der Waals surface area contributed by atoms with Gasteiger partial charge < -0.3 is 9.64 Å². The van der Waals surface area contributed by atoms with Crippen LogP contribution in [0, 0.1) is 13.8 Å². The predicted octanol–water partition coefficient (Wildman–Crippen LogP) is 2.28. The van der Waals surface area contributed by atoms with Crippen molar-refractivity contribution in [2.75, 3.05) is 32.6 Å². The summed E-state index contributed by atoms with van der Waals surface area (Å²) in [7, 11) is 4.02. The van der Waals surface area contributed by atoms with Crippen LogP contribution in [-0.4, -0.2) is 48.3 Å². The highest BCUT2D eigenvalue weighted by atomic mass is 32.1. The van der Waals surface area contributed by atoms with E-state index in [9.17, 15) is 4.79 Å². The topological polar surface area (TPSA) is 67.3 Å². The number of carbonyl (C=O) groups is 1. The molecule has 2 aromatic rings. The van der Waals surface area contributed by atoms with Gasteiger partial charge in [-0.1, -0.05) is 23.5 Å². The molecule has 0 atom stereocenters. The third-order valence-corrected chi connectivity index (χ3v) is 4.30. The largest absolute Gasteiger partial charge is 0.483 e. The Balaban J connectivity index is 1.84. The Morgan fingerprint density at radius 1 is 1.30 bits per heavy atom. The minimum Gasteiger partial charge on any atom is -0.483 e. The minimum absolute atomic E-state index is 0.0447. The summed E-state index contributed by atoms with van der Waals surface area (Å²) >= 11 is 1.39. The number of nitrogens with one attached hydrogen (secondary N) is 1. The molecule has 0 saturated heterocycles. The number of anilines is 1. The third kappa shape index (κ3) is 5.30. The van der Waals surface area contributed by atoms with Gasteiger partial charge in [0, 0.05) is 13.0 Å². The number of amides is 1. The summed E-state index contributed by atoms with van der Waals surface area (Å²) in [6, 6.07) is 5.79. The van der Waals surface area contributed by atoms with E-state index in [2.05, 4.69) is 20.4 Å². The normalized spacial score (nSPS) is 10.8. The van der Waals surface area contributed by atoms with E-state index in [1.807, 2.05) is 46.1 Å². The van der Waals surface area contributed by atoms with Gasteiger partial charge in [0.15, 0.2) is 6.61 Å². The number of likely N-dealkylation sites (N-methyl/N-ethyl adjacent to an activating group) is 1. The molecule has 0 bridgehead atoms. The first-order chi connectivity index (χ1) is 11.0. The van der Waals surface area contributed by atoms with Crippen LogP contribution in [0.2, 0.25) is 0 Å². The van der Waals surface area contributed by atoms with E-state index in [-0.39, 0.29) is 12.5 Å². The third-order valence-electron chi connectivity index (χ3n) is 3.40. The molecule has 0 aliphatic carbocycles. The molecule has 1 aromatic carbocycles. The summed E-state index contributed by atoms with van der Waals surface area (Å²) in [5.41, 5.74) is 2.18. The van der Waals surface area contributed by atoms with Crippen molar-refractivity contribution in [3.05, 3.63) is 34.3 Å². The zero-order valence-corrected chi connectivity index (χ0v) is 14.7. The van der Waals surface area contributed by atoms with Crippen LogP contribution in [0.15, 0.2) is 18.2 Å². The Bertz CT molecular complexity index is 670. The molecule has 0 unspecified atom stereocenters. The molecule has 124 valence electrons. The lowest BCUT2D eigenvalue weighted by Crippen LogP contribution is -2.20. The molecule has 1 aromatic heterocycles. The van der Waals surface area contributed by atoms with Gasteiger partial charge in [0.2, 0.25) is 5.13 Å². The number of benzene rings is 1. The maximum absolute atomic E-state index is 12.0. The van der Waals surface area contributed by atoms with E-state index in [1.54, 1.807) is 0 Å². The number of hydrogen-bond donors (Lipinski definition) is 1. The quantitative estimate of drug-likeness (QED) is 0.841. The highest BCUT2D eigenvalue weighted by Gasteiger charge is 2.10. The fourth-order valence-corrected chi connectivity index (χ4v) is 2.65. The van der Waals surface area contributed by atoms with Gasteiger partial charge in [-0.2, -0.15) is 0 Å². The van der Waals surface area contributed by atoms with Crippen molar-refractivity contribution < 1.29 is 9.53 Å². The van der Waals surface area contributed by atoms with Crippen LogP contribution in [0.5, 0.6) is 5.75 Å². The number of carbonyl (C=O) groups excluding carboxylic acids is 1. The van der Waals surface area contributed by atoms with Crippen LogP contribution in [0.1, 0.15) is 16.1 Å². The maximum Gasteiger partial charge on any atom is 0.264 e. The van der Waals surface area contributed by atoms with Crippen LogP contribution in [-0.2, 0) is 11.2 Å². The first-order valence-corrected chi connectivity index (χ1v) is 8.23. The molecule has 7 heteroatoms. The summed E-state index contributed by atoms with van der Waals surface area (Å²) in [6.07, 6.45) is 0.819. The van der Waals surface area contributed by atoms with Crippen LogP contribution in [0.4, 0.5) is 5.13 Å². The molecule has 6 nitrogen and oxygen atoms in total. The number of rotatable bonds is 7. The molecule has 0 radical (unpaired) electrons. The second kappa shape index (κ2) is 8.03. The summed E-state index contributed by atoms with van der Waals surface area (Å²) in [4.78, 5) is 14.0. The monoisotopic (exact) mass is 334 g/mol. The van der Waals surface area contributed by atoms with Crippen LogP contribution < -0.4 is 10.1 Å². The average Bonchev–Trinajstić information content (AvgIpc) is 2.94. The lowest BCUT2D eigenvalue weighted by Gasteiger charge is -2.10. The van der Waals surface area contributed by atoms with Crippen molar-refractivity contribution in [1.29, 1.82) is 0 Å². The second-order valence-electron chi connectivity index (χ2n) is 5.59. The summed E-state index contributed by atoms with van der Waals surface area (Å²) in [5.74, 6) is 0.491. The fraction of sp³-hybridized carbons (Fsp3) is 0.438. The molecule has 0 spiro atoms. The highest BCUT2D eigenvalue weighted by Crippen LogP contribution is 2.20. The Morgan fingerprint density at radius 3 is 2.83 bits per heavy atom. The molecule has 1 heterocycles. The number of nitrogens with zero attached hydrogens (tertiary/aromatic N) is 3. The first-order valence-electron chi connectivity index (χ1n) is 7.41. The van der Waals surface area contributed by atoms with Crippen molar-refractivity contribution in [3.63, 3.8) is 0 Å². The van der Waals surface area contributed by atoms with Gasteiger partial charge in [-0.15, -0.1) is 10.2 Å². The summed E-state index contributed by atoms with van der Waals surface area (Å²) in [6.45, 7) is 4.85. The van der Waals surface area contributed by atoms with Gasteiger partial charge in [-0.25, -0.2) is 0 Å². The molecule has 2 rings (SSSR count). The molecule has 23 heavy (non-hydrogen) atoms. The van der Waals surface area contributed by atoms with E-state index in [1.165, 1.54) is 11.3 Å². The standard InChI is InChI=1S/C16H22N4O2S/c1-11-6-5-7-13(12(11)2)22-10-14(21)17-16-19-18-15(23-16)8-9-20(3)4/h5-7H,8-10H2,1-4H3,(H,17,19,21). The van der Waals surface area contributed by atoms with Crippen molar-refractivity contribution >= 4 is 22.4 Å². The van der Waals surface area contributed by atoms with Gasteiger partial charge in [0.05, 0.1) is 0 Å². The van der Waals surface area contributed by atoms with Gasteiger partial charge in [0.25, 0.3) is 5.91 Å². The zero-order chi connectivity index (χ0) is 16.8. The van der Waals surface area contributed by atoms with Gasteiger partial charge in [-0.05, 0) is 45.1 Å². The lowest BCUT2D eigenvalue weighted by atomic mass is 10.1. The smallest absolute Gasteiger partial charge is 0.264 e. The average molecular weight is 334 g/mol. The molecule has 1 N–H and O–H groups in total. The van der Waals surface area contributed by atoms with Crippen LogP contribution in [0.25, 0.3) is 0 Å². The minimum atomic E-state index is -0.235. The molecule has 1 amide bonds. The Kier molecular flexibility index (Phi) is 6.06. The highest BCUT2D eigenvalue weighted by molar-refractivity contribution is 7.15. The van der Waals surface area contributed by atoms with E-state index >= 15 is 0 Å². The summed E-state index contributed by atoms with van der Waals surface area (Å²) in [5, 5.41) is 12.2. The molecule has 0 saturated carbocycles. The van der Waals surface area contributed by atoms with Crippen molar-refractivity contribution in [2.45, 2.75) is 20.3 Å². The summed E-state index contributed by atoms with van der Waals surface area (Å²) < 4.78 is 5.58. The maximum atomic E-state index is 12.0. The van der Waals surface area contributed by atoms with Crippen molar-refractivity contribution in [3.8, 4) is 5.75 Å². The van der Waals surface area contributed by atoms with E-state index in [0.717, 1.165) is 34.8 Å². The Hall–Kier alpha value is -1.99. The molecular weight excluding hydrogens is 312 g/mol. The molecule has 0 aliphatic rings. The zero-order valence-electron chi connectivity index (χ0n) is 13.9. The van der Waals surface area contributed by atoms with Gasteiger partial charge in [-0.3, -0.25) is 10.1 Å². The van der Waals surface area contributed by atoms with Crippen LogP contribution >= 0.6 is 11.3 Å². The Labute approximate surface area is 140 Å². The first kappa shape index (κ1) is 17.4. The number of aromatic nitrogens is 2. The van der Waals surface area contributed by atoms with E-state index < -0.39 is 0 Å². The van der Waals surface area contributed by atoms with Crippen molar-refractivity contribution in [2.24, 2.45) is 0 Å². The van der Waals surface area contributed by atoms with Crippen LogP contribution in [0.3, 0.4) is 0 Å².